The number of hydrogen-bond donors (Lipinski definition) is 0. The third-order valence-corrected chi connectivity index (χ3v) is 1.71. The van der Waals surface area contributed by atoms with Crippen LogP contribution in [0.3, 0.4) is 0 Å². The molecule has 0 aliphatic carbocycles. The van der Waals surface area contributed by atoms with Gasteiger partial charge in [-0.1, -0.05) is 0 Å². The molecule has 0 aliphatic heterocycles. The molecule has 1 heterocycles. The van der Waals surface area contributed by atoms with Crippen LogP contribution < -0.4 is 4.74 Å². The van der Waals surface area contributed by atoms with Crippen molar-refractivity contribution in [3.05, 3.63) is 30.7 Å². The summed E-state index contributed by atoms with van der Waals surface area (Å²) in [4.78, 5) is 8.01. The molecule has 1 aromatic carbocycles. The molecule has 0 saturated carbocycles. The second kappa shape index (κ2) is 4.05. The van der Waals surface area contributed by atoms with Gasteiger partial charge >= 0.3 is 0 Å². The summed E-state index contributed by atoms with van der Waals surface area (Å²) in [6.07, 6.45) is 3.31. The van der Waals surface area contributed by atoms with Crippen LogP contribution in [-0.2, 0) is 0 Å². The van der Waals surface area contributed by atoms with Crippen LogP contribution in [-0.4, -0.2) is 17.1 Å². The van der Waals surface area contributed by atoms with Crippen LogP contribution >= 0.6 is 12.4 Å². The molecule has 13 heavy (non-hydrogen) atoms. The Morgan fingerprint density at radius 3 is 2.92 bits per heavy atom. The van der Waals surface area contributed by atoms with Gasteiger partial charge in [-0.15, -0.1) is 12.4 Å². The summed E-state index contributed by atoms with van der Waals surface area (Å²) in [5, 5.41) is 0.997. The van der Waals surface area contributed by atoms with Crippen LogP contribution in [0.25, 0.3) is 10.9 Å². The van der Waals surface area contributed by atoms with Crippen LogP contribution in [0.15, 0.2) is 30.7 Å². The highest BCUT2D eigenvalue weighted by Gasteiger charge is 1.95. The van der Waals surface area contributed by atoms with E-state index in [1.54, 1.807) is 13.3 Å². The summed E-state index contributed by atoms with van der Waals surface area (Å²) < 4.78 is 5.07. The second-order valence-electron chi connectivity index (χ2n) is 2.45. The molecule has 0 amide bonds. The molecule has 0 radical (unpaired) electrons. The van der Waals surface area contributed by atoms with E-state index in [-0.39, 0.29) is 12.4 Å². The Morgan fingerprint density at radius 2 is 2.15 bits per heavy atom. The summed E-state index contributed by atoms with van der Waals surface area (Å²) in [7, 11) is 1.64. The van der Waals surface area contributed by atoms with Crippen LogP contribution in [0, 0.1) is 0 Å². The number of ether oxygens (including phenoxy) is 1. The van der Waals surface area contributed by atoms with Gasteiger partial charge in [-0.3, -0.25) is 0 Å². The normalized spacial score (nSPS) is 9.31. The Kier molecular flexibility index (Phi) is 3.03. The molecular weight excluding hydrogens is 188 g/mol. The standard InChI is InChI=1S/C9H8N2O.ClH/c1-12-8-2-3-9-7(4-8)5-10-6-11-9;/h2-6H,1H3;1H. The molecule has 0 spiro atoms. The molecule has 2 rings (SSSR count). The lowest BCUT2D eigenvalue weighted by Gasteiger charge is -1.99. The lowest BCUT2D eigenvalue weighted by molar-refractivity contribution is 0.415. The maximum absolute atomic E-state index is 5.07. The summed E-state index contributed by atoms with van der Waals surface area (Å²) in [6, 6.07) is 5.71. The fraction of sp³-hybridized carbons (Fsp3) is 0.111. The lowest BCUT2D eigenvalue weighted by Crippen LogP contribution is -1.84. The average molecular weight is 197 g/mol. The van der Waals surface area contributed by atoms with E-state index >= 15 is 0 Å². The van der Waals surface area contributed by atoms with Crippen molar-refractivity contribution >= 4 is 23.3 Å². The molecule has 0 unspecified atom stereocenters. The van der Waals surface area contributed by atoms with E-state index in [9.17, 15) is 0 Å². The van der Waals surface area contributed by atoms with Gasteiger partial charge in [0.1, 0.15) is 12.1 Å². The Bertz CT molecular complexity index is 405. The van der Waals surface area contributed by atoms with E-state index in [0.717, 1.165) is 16.7 Å². The van der Waals surface area contributed by atoms with Crippen molar-refractivity contribution in [2.45, 2.75) is 0 Å². The highest BCUT2D eigenvalue weighted by molar-refractivity contribution is 5.85. The van der Waals surface area contributed by atoms with Crippen LogP contribution in [0.4, 0.5) is 0 Å². The van der Waals surface area contributed by atoms with Crippen molar-refractivity contribution in [3.8, 4) is 5.75 Å². The average Bonchev–Trinajstić information content (AvgIpc) is 2.17. The predicted octanol–water partition coefficient (Wildman–Crippen LogP) is 2.06. The maximum Gasteiger partial charge on any atom is 0.119 e. The van der Waals surface area contributed by atoms with Gasteiger partial charge in [-0.2, -0.15) is 0 Å². The maximum atomic E-state index is 5.07. The zero-order valence-corrected chi connectivity index (χ0v) is 7.91. The van der Waals surface area contributed by atoms with Gasteiger partial charge in [-0.25, -0.2) is 9.97 Å². The second-order valence-corrected chi connectivity index (χ2v) is 2.45. The highest BCUT2D eigenvalue weighted by Crippen LogP contribution is 2.17. The van der Waals surface area contributed by atoms with Crippen molar-refractivity contribution in [3.63, 3.8) is 0 Å². The highest BCUT2D eigenvalue weighted by atomic mass is 35.5. The zero-order valence-electron chi connectivity index (χ0n) is 7.10. The first-order valence-electron chi connectivity index (χ1n) is 3.64. The minimum atomic E-state index is 0. The van der Waals surface area contributed by atoms with Gasteiger partial charge < -0.3 is 4.74 Å². The van der Waals surface area contributed by atoms with E-state index in [0.29, 0.717) is 0 Å². The number of halogens is 1. The number of methoxy groups -OCH3 is 1. The van der Waals surface area contributed by atoms with Crippen molar-refractivity contribution in [2.24, 2.45) is 0 Å². The first-order valence-corrected chi connectivity index (χ1v) is 3.64. The fourth-order valence-corrected chi connectivity index (χ4v) is 1.09. The Morgan fingerprint density at radius 1 is 1.31 bits per heavy atom. The van der Waals surface area contributed by atoms with Gasteiger partial charge in [0.05, 0.1) is 12.6 Å². The number of nitrogens with zero attached hydrogens (tertiary/aromatic N) is 2. The largest absolute Gasteiger partial charge is 0.497 e. The number of hydrogen-bond acceptors (Lipinski definition) is 3. The Labute approximate surface area is 82.2 Å². The molecule has 1 aromatic heterocycles. The van der Waals surface area contributed by atoms with E-state index in [4.69, 9.17) is 4.74 Å². The molecule has 4 heteroatoms. The topological polar surface area (TPSA) is 35.0 Å². The van der Waals surface area contributed by atoms with Crippen molar-refractivity contribution in [1.29, 1.82) is 0 Å². The van der Waals surface area contributed by atoms with Gasteiger partial charge in [0, 0.05) is 11.6 Å². The molecular formula is C9H9ClN2O. The summed E-state index contributed by atoms with van der Waals surface area (Å²) in [5.41, 5.74) is 0.936. The monoisotopic (exact) mass is 196 g/mol. The predicted molar refractivity (Wildman–Crippen MR) is 53.3 cm³/mol. The van der Waals surface area contributed by atoms with Gasteiger partial charge in [-0.05, 0) is 18.2 Å². The number of aromatic nitrogens is 2. The van der Waals surface area contributed by atoms with Gasteiger partial charge in [0.15, 0.2) is 0 Å². The van der Waals surface area contributed by atoms with E-state index in [1.165, 1.54) is 6.33 Å². The minimum Gasteiger partial charge on any atom is -0.497 e. The van der Waals surface area contributed by atoms with Crippen molar-refractivity contribution in [1.82, 2.24) is 9.97 Å². The van der Waals surface area contributed by atoms with Gasteiger partial charge in [0.25, 0.3) is 0 Å². The minimum absolute atomic E-state index is 0. The van der Waals surface area contributed by atoms with Crippen LogP contribution in [0.1, 0.15) is 0 Å². The molecule has 68 valence electrons. The Balaban J connectivity index is 0.000000845. The van der Waals surface area contributed by atoms with E-state index < -0.39 is 0 Å². The molecule has 0 N–H and O–H groups in total. The quantitative estimate of drug-likeness (QED) is 0.701. The molecule has 0 fully saturated rings. The van der Waals surface area contributed by atoms with E-state index in [2.05, 4.69) is 9.97 Å². The molecule has 0 saturated heterocycles. The van der Waals surface area contributed by atoms with E-state index in [1.807, 2.05) is 18.2 Å². The Hall–Kier alpha value is -1.35. The third-order valence-electron chi connectivity index (χ3n) is 1.71. The fourth-order valence-electron chi connectivity index (χ4n) is 1.09. The first-order chi connectivity index (χ1) is 5.90. The summed E-state index contributed by atoms with van der Waals surface area (Å²) in [5.74, 6) is 0.831. The molecule has 2 aromatic rings. The molecule has 3 nitrogen and oxygen atoms in total. The number of rotatable bonds is 1. The molecule has 0 aliphatic rings. The zero-order chi connectivity index (χ0) is 8.39. The number of fused-ring (bicyclic) bond motifs is 1. The SMILES string of the molecule is COc1ccc2ncncc2c1.Cl. The number of benzene rings is 1. The van der Waals surface area contributed by atoms with Crippen molar-refractivity contribution < 1.29 is 4.74 Å². The molecule has 0 atom stereocenters. The smallest absolute Gasteiger partial charge is 0.119 e. The van der Waals surface area contributed by atoms with Crippen LogP contribution in [0.2, 0.25) is 0 Å². The summed E-state index contributed by atoms with van der Waals surface area (Å²) >= 11 is 0. The van der Waals surface area contributed by atoms with Crippen LogP contribution in [0.5, 0.6) is 5.75 Å². The summed E-state index contributed by atoms with van der Waals surface area (Å²) in [6.45, 7) is 0. The van der Waals surface area contributed by atoms with Crippen molar-refractivity contribution in [2.75, 3.05) is 7.11 Å². The molecule has 0 bridgehead atoms. The van der Waals surface area contributed by atoms with Gasteiger partial charge in [0.2, 0.25) is 0 Å². The lowest BCUT2D eigenvalue weighted by atomic mass is 10.2. The third kappa shape index (κ3) is 1.87. The first kappa shape index (κ1) is 9.74.